The average Bonchev–Trinajstić information content (AvgIpc) is 2.86. The first-order chi connectivity index (χ1) is 7.88. The Morgan fingerprint density at radius 3 is 2.59 bits per heavy atom. The van der Waals surface area contributed by atoms with E-state index in [2.05, 4.69) is 33.0 Å². The summed E-state index contributed by atoms with van der Waals surface area (Å²) in [4.78, 5) is 6.07. The molecule has 17 heavy (non-hydrogen) atoms. The third kappa shape index (κ3) is 2.02. The lowest BCUT2D eigenvalue weighted by Gasteiger charge is -2.24. The highest BCUT2D eigenvalue weighted by Gasteiger charge is 2.46. The minimum atomic E-state index is -0.243. The quantitative estimate of drug-likeness (QED) is 0.898. The van der Waals surface area contributed by atoms with Crippen molar-refractivity contribution in [1.82, 2.24) is 10.3 Å². The number of hydrogen-bond donors (Lipinski definition) is 1. The lowest BCUT2D eigenvalue weighted by Crippen LogP contribution is -2.23. The minimum absolute atomic E-state index is 0.186. The summed E-state index contributed by atoms with van der Waals surface area (Å²) in [6.07, 6.45) is 2.65. The van der Waals surface area contributed by atoms with Crippen LogP contribution in [0.3, 0.4) is 0 Å². The number of rotatable bonds is 3. The second-order valence-electron chi connectivity index (χ2n) is 6.06. The molecular formula is C13H20N2OS. The van der Waals surface area contributed by atoms with Gasteiger partial charge in [0.2, 0.25) is 0 Å². The zero-order valence-electron chi connectivity index (χ0n) is 11.0. The van der Waals surface area contributed by atoms with Crippen molar-refractivity contribution in [2.24, 2.45) is 0 Å². The zero-order chi connectivity index (χ0) is 12.3. The lowest BCUT2D eigenvalue weighted by molar-refractivity contribution is -0.105. The van der Waals surface area contributed by atoms with Gasteiger partial charge in [0.25, 0.3) is 0 Å². The minimum Gasteiger partial charge on any atom is -0.358 e. The zero-order valence-corrected chi connectivity index (χ0v) is 11.8. The Morgan fingerprint density at radius 2 is 2.00 bits per heavy atom. The van der Waals surface area contributed by atoms with Crippen LogP contribution in [0.2, 0.25) is 0 Å². The Balaban J connectivity index is 1.86. The van der Waals surface area contributed by atoms with E-state index in [-0.39, 0.29) is 11.2 Å². The molecule has 1 N–H and O–H groups in total. The highest BCUT2D eigenvalue weighted by Crippen LogP contribution is 2.48. The molecule has 4 heteroatoms. The van der Waals surface area contributed by atoms with Crippen LogP contribution in [0.4, 0.5) is 0 Å². The molecule has 0 amide bonds. The van der Waals surface area contributed by atoms with Gasteiger partial charge in [0.1, 0.15) is 10.6 Å². The fourth-order valence-electron chi connectivity index (χ4n) is 2.51. The normalized spacial score (nSPS) is 24.9. The van der Waals surface area contributed by atoms with Gasteiger partial charge in [-0.25, -0.2) is 4.98 Å². The molecule has 1 aliphatic carbocycles. The summed E-state index contributed by atoms with van der Waals surface area (Å²) in [7, 11) is 0. The summed E-state index contributed by atoms with van der Waals surface area (Å²) in [5.41, 5.74) is 0.710. The van der Waals surface area contributed by atoms with Crippen LogP contribution in [-0.2, 0) is 22.5 Å². The van der Waals surface area contributed by atoms with Crippen LogP contribution in [0.5, 0.6) is 0 Å². The van der Waals surface area contributed by atoms with Crippen molar-refractivity contribution in [1.29, 1.82) is 0 Å². The highest BCUT2D eigenvalue weighted by atomic mass is 32.1. The number of thiazole rings is 1. The van der Waals surface area contributed by atoms with Crippen LogP contribution in [0.25, 0.3) is 0 Å². The number of ether oxygens (including phenoxy) is 1. The lowest BCUT2D eigenvalue weighted by atomic mass is 10.0. The maximum Gasteiger partial charge on any atom is 0.107 e. The molecule has 94 valence electrons. The van der Waals surface area contributed by atoms with Gasteiger partial charge in [0, 0.05) is 12.6 Å². The molecule has 0 saturated heterocycles. The van der Waals surface area contributed by atoms with Crippen molar-refractivity contribution >= 4 is 11.3 Å². The molecule has 0 aromatic carbocycles. The fourth-order valence-corrected chi connectivity index (χ4v) is 3.71. The van der Waals surface area contributed by atoms with Gasteiger partial charge in [-0.2, -0.15) is 0 Å². The Bertz CT molecular complexity index is 415. The third-order valence-corrected chi connectivity index (χ3v) is 4.78. The monoisotopic (exact) mass is 252 g/mol. The first-order valence-electron chi connectivity index (χ1n) is 6.33. The largest absolute Gasteiger partial charge is 0.358 e. The topological polar surface area (TPSA) is 34.1 Å². The van der Waals surface area contributed by atoms with Gasteiger partial charge in [0.15, 0.2) is 0 Å². The van der Waals surface area contributed by atoms with E-state index in [0.717, 1.165) is 18.3 Å². The van der Waals surface area contributed by atoms with Crippen LogP contribution in [-0.4, -0.2) is 11.0 Å². The van der Waals surface area contributed by atoms with E-state index in [9.17, 15) is 0 Å². The summed E-state index contributed by atoms with van der Waals surface area (Å²) >= 11 is 1.80. The summed E-state index contributed by atoms with van der Waals surface area (Å²) < 4.78 is 6.07. The molecule has 1 aromatic heterocycles. The van der Waals surface area contributed by atoms with Crippen molar-refractivity contribution < 1.29 is 4.74 Å². The van der Waals surface area contributed by atoms with Crippen LogP contribution in [0.15, 0.2) is 0 Å². The SMILES string of the molecule is CC1(C)OC(C)(C)c2sc(CNC3CC3)nc21. The number of aromatic nitrogens is 1. The predicted molar refractivity (Wildman–Crippen MR) is 69.1 cm³/mol. The summed E-state index contributed by atoms with van der Waals surface area (Å²) in [5.74, 6) is 0. The van der Waals surface area contributed by atoms with Gasteiger partial charge >= 0.3 is 0 Å². The smallest absolute Gasteiger partial charge is 0.107 e. The standard InChI is InChI=1S/C13H20N2OS/c1-12(2)10-11(13(3,4)16-12)17-9(15-10)7-14-8-5-6-8/h8,14H,5-7H2,1-4H3. The van der Waals surface area contributed by atoms with Crippen LogP contribution in [0, 0.1) is 0 Å². The predicted octanol–water partition coefficient (Wildman–Crippen LogP) is 2.90. The van der Waals surface area contributed by atoms with Gasteiger partial charge in [0.05, 0.1) is 16.2 Å². The molecule has 0 unspecified atom stereocenters. The number of nitrogens with one attached hydrogen (secondary N) is 1. The first kappa shape index (κ1) is 11.6. The Labute approximate surface area is 107 Å². The third-order valence-electron chi connectivity index (χ3n) is 3.42. The maximum atomic E-state index is 6.07. The molecule has 3 nitrogen and oxygen atoms in total. The van der Waals surface area contributed by atoms with Gasteiger partial charge in [-0.15, -0.1) is 11.3 Å². The maximum absolute atomic E-state index is 6.07. The molecule has 0 atom stereocenters. The molecule has 1 saturated carbocycles. The van der Waals surface area contributed by atoms with E-state index in [1.807, 2.05) is 0 Å². The summed E-state index contributed by atoms with van der Waals surface area (Å²) in [6, 6.07) is 0.742. The Morgan fingerprint density at radius 1 is 1.29 bits per heavy atom. The van der Waals surface area contributed by atoms with Crippen molar-refractivity contribution in [3.05, 3.63) is 15.6 Å². The van der Waals surface area contributed by atoms with E-state index in [1.54, 1.807) is 11.3 Å². The van der Waals surface area contributed by atoms with E-state index in [4.69, 9.17) is 9.72 Å². The van der Waals surface area contributed by atoms with Gasteiger partial charge in [-0.05, 0) is 40.5 Å². The first-order valence-corrected chi connectivity index (χ1v) is 7.14. The van der Waals surface area contributed by atoms with E-state index in [0.29, 0.717) is 0 Å². The van der Waals surface area contributed by atoms with Gasteiger partial charge < -0.3 is 10.1 Å². The van der Waals surface area contributed by atoms with Crippen LogP contribution < -0.4 is 5.32 Å². The second kappa shape index (κ2) is 3.53. The second-order valence-corrected chi connectivity index (χ2v) is 7.15. The van der Waals surface area contributed by atoms with Crippen LogP contribution >= 0.6 is 11.3 Å². The number of nitrogens with zero attached hydrogens (tertiary/aromatic N) is 1. The molecule has 2 heterocycles. The number of hydrogen-bond acceptors (Lipinski definition) is 4. The average molecular weight is 252 g/mol. The highest BCUT2D eigenvalue weighted by molar-refractivity contribution is 7.12. The van der Waals surface area contributed by atoms with Crippen molar-refractivity contribution in [2.45, 2.75) is 64.3 Å². The molecular weight excluding hydrogens is 232 g/mol. The summed E-state index contributed by atoms with van der Waals surface area (Å²) in [5, 5.41) is 4.72. The van der Waals surface area contributed by atoms with Crippen molar-refractivity contribution in [3.8, 4) is 0 Å². The van der Waals surface area contributed by atoms with E-state index in [1.165, 1.54) is 22.7 Å². The Hall–Kier alpha value is -0.450. The summed E-state index contributed by atoms with van der Waals surface area (Å²) in [6.45, 7) is 9.40. The molecule has 2 aliphatic rings. The van der Waals surface area contributed by atoms with Gasteiger partial charge in [-0.3, -0.25) is 0 Å². The molecule has 1 aliphatic heterocycles. The van der Waals surface area contributed by atoms with Gasteiger partial charge in [-0.1, -0.05) is 0 Å². The number of fused-ring (bicyclic) bond motifs is 1. The van der Waals surface area contributed by atoms with Crippen LogP contribution in [0.1, 0.15) is 56.1 Å². The molecule has 1 aromatic rings. The molecule has 3 rings (SSSR count). The Kier molecular flexibility index (Phi) is 2.41. The molecule has 0 bridgehead atoms. The van der Waals surface area contributed by atoms with Crippen molar-refractivity contribution in [2.75, 3.05) is 0 Å². The molecule has 0 spiro atoms. The molecule has 1 fully saturated rings. The molecule has 0 radical (unpaired) electrons. The van der Waals surface area contributed by atoms with Crippen molar-refractivity contribution in [3.63, 3.8) is 0 Å². The van der Waals surface area contributed by atoms with E-state index >= 15 is 0 Å². The van der Waals surface area contributed by atoms with E-state index < -0.39 is 0 Å². The fraction of sp³-hybridized carbons (Fsp3) is 0.769.